The summed E-state index contributed by atoms with van der Waals surface area (Å²) in [6, 6.07) is 18.7. The summed E-state index contributed by atoms with van der Waals surface area (Å²) >= 11 is 0. The standard InChI is InChI=1S/C27H22N4O4S/c1-18-2-10-22(11-3-18)36(34,35)31-15-13-23-24(19-4-6-20(7-5-19)25(33)12-14-28)16-26(29-27(23)31)30(17-32)21-8-9-21/h2-7,10-11,13,15-17,21H,8-9,12H2,1H3. The number of benzene rings is 2. The lowest BCUT2D eigenvalue weighted by Crippen LogP contribution is -2.25. The predicted molar refractivity (Wildman–Crippen MR) is 135 cm³/mol. The Kier molecular flexibility index (Phi) is 5.90. The molecule has 0 aliphatic heterocycles. The predicted octanol–water partition coefficient (Wildman–Crippen LogP) is 4.47. The molecule has 4 aromatic rings. The Hall–Kier alpha value is -4.29. The third-order valence-corrected chi connectivity index (χ3v) is 7.94. The van der Waals surface area contributed by atoms with Crippen LogP contribution >= 0.6 is 0 Å². The van der Waals surface area contributed by atoms with Crippen LogP contribution in [0.1, 0.15) is 35.2 Å². The van der Waals surface area contributed by atoms with Crippen molar-refractivity contribution in [3.05, 3.63) is 78.0 Å². The second-order valence-corrected chi connectivity index (χ2v) is 10.6. The van der Waals surface area contributed by atoms with Crippen molar-refractivity contribution >= 4 is 39.1 Å². The molecule has 1 saturated carbocycles. The lowest BCUT2D eigenvalue weighted by atomic mass is 10.00. The highest BCUT2D eigenvalue weighted by Gasteiger charge is 2.31. The first kappa shape index (κ1) is 23.5. The molecule has 0 bridgehead atoms. The molecule has 2 heterocycles. The Morgan fingerprint density at radius 3 is 2.44 bits per heavy atom. The van der Waals surface area contributed by atoms with Gasteiger partial charge in [-0.2, -0.15) is 5.26 Å². The second-order valence-electron chi connectivity index (χ2n) is 8.77. The number of Topliss-reactive ketones (excluding diaryl/α,β-unsaturated/α-hetero) is 1. The molecule has 1 aliphatic rings. The average Bonchev–Trinajstić information content (AvgIpc) is 3.61. The van der Waals surface area contributed by atoms with E-state index in [0.29, 0.717) is 22.3 Å². The number of hydrogen-bond acceptors (Lipinski definition) is 6. The number of aryl methyl sites for hydroxylation is 1. The van der Waals surface area contributed by atoms with E-state index in [9.17, 15) is 18.0 Å². The summed E-state index contributed by atoms with van der Waals surface area (Å²) in [7, 11) is -3.94. The molecule has 1 fully saturated rings. The van der Waals surface area contributed by atoms with Crippen molar-refractivity contribution in [1.29, 1.82) is 5.26 Å². The number of ketones is 1. The SMILES string of the molecule is Cc1ccc(S(=O)(=O)n2ccc3c(-c4ccc(C(=O)CC#N)cc4)cc(N(C=O)C4CC4)nc32)cc1. The Morgan fingerprint density at radius 1 is 1.14 bits per heavy atom. The van der Waals surface area contributed by atoms with Crippen LogP contribution in [0.4, 0.5) is 5.82 Å². The zero-order valence-corrected chi connectivity index (χ0v) is 20.3. The number of carbonyl (C=O) groups excluding carboxylic acids is 2. The quantitative estimate of drug-likeness (QED) is 0.262. The summed E-state index contributed by atoms with van der Waals surface area (Å²) in [5.74, 6) is 0.0829. The molecule has 1 aliphatic carbocycles. The van der Waals surface area contributed by atoms with Gasteiger partial charge in [0.1, 0.15) is 5.82 Å². The van der Waals surface area contributed by atoms with Crippen molar-refractivity contribution in [1.82, 2.24) is 8.96 Å². The van der Waals surface area contributed by atoms with Crippen LogP contribution < -0.4 is 4.90 Å². The fourth-order valence-corrected chi connectivity index (χ4v) is 5.45. The van der Waals surface area contributed by atoms with E-state index in [4.69, 9.17) is 5.26 Å². The minimum Gasteiger partial charge on any atom is -0.296 e. The van der Waals surface area contributed by atoms with Crippen LogP contribution in [-0.4, -0.2) is 35.6 Å². The van der Waals surface area contributed by atoms with Gasteiger partial charge in [-0.05, 0) is 55.2 Å². The molecule has 1 amide bonds. The Morgan fingerprint density at radius 2 is 1.83 bits per heavy atom. The van der Waals surface area contributed by atoms with Crippen molar-refractivity contribution in [3.63, 3.8) is 0 Å². The lowest BCUT2D eigenvalue weighted by molar-refractivity contribution is -0.107. The number of anilines is 1. The number of nitriles is 1. The van der Waals surface area contributed by atoms with E-state index in [2.05, 4.69) is 4.98 Å². The van der Waals surface area contributed by atoms with E-state index in [1.54, 1.807) is 60.7 Å². The Balaban J connectivity index is 1.69. The molecule has 0 radical (unpaired) electrons. The number of pyridine rings is 1. The third kappa shape index (κ3) is 4.16. The van der Waals surface area contributed by atoms with Crippen molar-refractivity contribution in [3.8, 4) is 17.2 Å². The van der Waals surface area contributed by atoms with Crippen molar-refractivity contribution < 1.29 is 18.0 Å². The van der Waals surface area contributed by atoms with Gasteiger partial charge >= 0.3 is 0 Å². The van der Waals surface area contributed by atoms with E-state index < -0.39 is 10.0 Å². The second kappa shape index (κ2) is 9.06. The summed E-state index contributed by atoms with van der Waals surface area (Å²) in [5.41, 5.74) is 2.97. The molecular formula is C27H22N4O4S. The van der Waals surface area contributed by atoms with Crippen LogP contribution in [0, 0.1) is 18.3 Å². The molecule has 9 heteroatoms. The maximum absolute atomic E-state index is 13.5. The van der Waals surface area contributed by atoms with E-state index in [-0.39, 0.29) is 28.8 Å². The zero-order chi connectivity index (χ0) is 25.4. The molecule has 36 heavy (non-hydrogen) atoms. The first-order valence-corrected chi connectivity index (χ1v) is 12.9. The van der Waals surface area contributed by atoms with E-state index in [0.717, 1.165) is 34.4 Å². The molecule has 0 saturated heterocycles. The van der Waals surface area contributed by atoms with Gasteiger partial charge in [0.15, 0.2) is 11.4 Å². The largest absolute Gasteiger partial charge is 0.296 e. The van der Waals surface area contributed by atoms with Gasteiger partial charge in [-0.1, -0.05) is 42.0 Å². The van der Waals surface area contributed by atoms with Gasteiger partial charge in [-0.15, -0.1) is 0 Å². The molecular weight excluding hydrogens is 476 g/mol. The van der Waals surface area contributed by atoms with Crippen molar-refractivity contribution in [2.24, 2.45) is 0 Å². The first-order valence-electron chi connectivity index (χ1n) is 11.4. The molecule has 2 aromatic heterocycles. The van der Waals surface area contributed by atoms with Crippen LogP contribution in [0.5, 0.6) is 0 Å². The molecule has 180 valence electrons. The van der Waals surface area contributed by atoms with Crippen LogP contribution in [0.15, 0.2) is 71.8 Å². The molecule has 5 rings (SSSR count). The van der Waals surface area contributed by atoms with Crippen molar-refractivity contribution in [2.45, 2.75) is 37.1 Å². The number of amides is 1. The van der Waals surface area contributed by atoms with Crippen LogP contribution in [0.2, 0.25) is 0 Å². The van der Waals surface area contributed by atoms with Gasteiger partial charge in [0.05, 0.1) is 17.4 Å². The van der Waals surface area contributed by atoms with Gasteiger partial charge in [0, 0.05) is 23.2 Å². The smallest absolute Gasteiger partial charge is 0.269 e. The number of rotatable bonds is 8. The monoisotopic (exact) mass is 498 g/mol. The highest BCUT2D eigenvalue weighted by Crippen LogP contribution is 2.36. The Labute approximate surface area is 208 Å². The van der Waals surface area contributed by atoms with Gasteiger partial charge < -0.3 is 0 Å². The maximum Gasteiger partial charge on any atom is 0.269 e. The number of hydrogen-bond donors (Lipinski definition) is 0. The summed E-state index contributed by atoms with van der Waals surface area (Å²) in [6.45, 7) is 1.88. The van der Waals surface area contributed by atoms with Crippen LogP contribution in [-0.2, 0) is 14.8 Å². The molecule has 2 aromatic carbocycles. The molecule has 0 spiro atoms. The van der Waals surface area contributed by atoms with Gasteiger partial charge in [0.2, 0.25) is 6.41 Å². The summed E-state index contributed by atoms with van der Waals surface area (Å²) < 4.78 is 28.2. The average molecular weight is 499 g/mol. The summed E-state index contributed by atoms with van der Waals surface area (Å²) in [4.78, 5) is 30.3. The van der Waals surface area contributed by atoms with Crippen molar-refractivity contribution in [2.75, 3.05) is 4.90 Å². The number of carbonyl (C=O) groups is 2. The fraction of sp³-hybridized carbons (Fsp3) is 0.185. The molecule has 0 atom stereocenters. The molecule has 0 N–H and O–H groups in total. The maximum atomic E-state index is 13.5. The normalized spacial score (nSPS) is 13.3. The summed E-state index contributed by atoms with van der Waals surface area (Å²) in [5, 5.41) is 9.40. The van der Waals surface area contributed by atoms with Gasteiger partial charge in [-0.3, -0.25) is 14.5 Å². The Bertz CT molecular complexity index is 1630. The highest BCUT2D eigenvalue weighted by molar-refractivity contribution is 7.90. The fourth-order valence-electron chi connectivity index (χ4n) is 4.15. The topological polar surface area (TPSA) is 113 Å². The molecule has 0 unspecified atom stereocenters. The number of nitrogens with zero attached hydrogens (tertiary/aromatic N) is 4. The van der Waals surface area contributed by atoms with E-state index in [1.165, 1.54) is 11.1 Å². The minimum atomic E-state index is -3.94. The number of fused-ring (bicyclic) bond motifs is 1. The number of aromatic nitrogens is 2. The summed E-state index contributed by atoms with van der Waals surface area (Å²) in [6.07, 6.45) is 3.69. The highest BCUT2D eigenvalue weighted by atomic mass is 32.2. The van der Waals surface area contributed by atoms with Gasteiger partial charge in [0.25, 0.3) is 10.0 Å². The van der Waals surface area contributed by atoms with E-state index >= 15 is 0 Å². The first-order chi connectivity index (χ1) is 17.3. The minimum absolute atomic E-state index is 0.0309. The van der Waals surface area contributed by atoms with Crippen LogP contribution in [0.3, 0.4) is 0 Å². The van der Waals surface area contributed by atoms with E-state index in [1.807, 2.05) is 13.0 Å². The third-order valence-electron chi connectivity index (χ3n) is 6.26. The molecule has 8 nitrogen and oxygen atoms in total. The van der Waals surface area contributed by atoms with Crippen LogP contribution in [0.25, 0.3) is 22.2 Å². The van der Waals surface area contributed by atoms with Gasteiger partial charge in [-0.25, -0.2) is 17.4 Å². The zero-order valence-electron chi connectivity index (χ0n) is 19.5. The lowest BCUT2D eigenvalue weighted by Gasteiger charge is -2.18.